The molecular formula is C38H45ClFN5O6S. The maximum Gasteiger partial charge on any atom is 0.289 e. The van der Waals surface area contributed by atoms with Crippen LogP contribution in [0.1, 0.15) is 70.9 Å². The van der Waals surface area contributed by atoms with E-state index >= 15 is 4.39 Å². The summed E-state index contributed by atoms with van der Waals surface area (Å²) in [7, 11) is 0.906. The number of aromatic nitrogens is 2. The van der Waals surface area contributed by atoms with Crippen LogP contribution in [0.15, 0.2) is 53.0 Å². The quantitative estimate of drug-likeness (QED) is 0.309. The molecule has 0 radical (unpaired) electrons. The first-order chi connectivity index (χ1) is 24.9. The predicted molar refractivity (Wildman–Crippen MR) is 197 cm³/mol. The molecule has 2 aliphatic heterocycles. The van der Waals surface area contributed by atoms with Gasteiger partial charge in [-0.05, 0) is 91.7 Å². The minimum atomic E-state index is -3.78. The number of aryl methyl sites for hydroxylation is 2. The van der Waals surface area contributed by atoms with Crippen LogP contribution in [0.5, 0.6) is 11.6 Å². The molecule has 278 valence electrons. The fourth-order valence-corrected chi connectivity index (χ4v) is 10.5. The highest BCUT2D eigenvalue weighted by molar-refractivity contribution is 7.92. The van der Waals surface area contributed by atoms with Gasteiger partial charge in [-0.25, -0.2) is 8.60 Å². The van der Waals surface area contributed by atoms with E-state index < -0.39 is 33.0 Å². The van der Waals surface area contributed by atoms with Crippen molar-refractivity contribution in [3.05, 3.63) is 81.8 Å². The molecule has 3 heterocycles. The zero-order valence-electron chi connectivity index (χ0n) is 29.9. The van der Waals surface area contributed by atoms with Crippen molar-refractivity contribution >= 4 is 39.0 Å². The highest BCUT2D eigenvalue weighted by Crippen LogP contribution is 2.48. The third-order valence-corrected chi connectivity index (χ3v) is 13.3. The Morgan fingerprint density at radius 2 is 2.04 bits per heavy atom. The molecule has 52 heavy (non-hydrogen) atoms. The summed E-state index contributed by atoms with van der Waals surface area (Å²) in [6, 6.07) is 8.92. The van der Waals surface area contributed by atoms with Crippen molar-refractivity contribution in [1.29, 1.82) is 0 Å². The Bertz CT molecular complexity index is 2050. The number of amides is 2. The average Bonchev–Trinajstić information content (AvgIpc) is 3.40. The Morgan fingerprint density at radius 3 is 2.79 bits per heavy atom. The smallest absolute Gasteiger partial charge is 0.289 e. The summed E-state index contributed by atoms with van der Waals surface area (Å²) in [4.78, 5) is 29.5. The van der Waals surface area contributed by atoms with Gasteiger partial charge in [-0.2, -0.15) is 0 Å². The first kappa shape index (κ1) is 36.4. The van der Waals surface area contributed by atoms with Crippen LogP contribution in [-0.4, -0.2) is 71.6 Å². The van der Waals surface area contributed by atoms with Gasteiger partial charge in [0.1, 0.15) is 26.9 Å². The molecule has 2 amide bonds. The number of benzene rings is 2. The molecule has 1 N–H and O–H groups in total. The van der Waals surface area contributed by atoms with Gasteiger partial charge in [0.15, 0.2) is 5.82 Å². The number of halogens is 2. The lowest BCUT2D eigenvalue weighted by Gasteiger charge is -2.46. The maximum atomic E-state index is 17.1. The van der Waals surface area contributed by atoms with Crippen LogP contribution in [0.2, 0.25) is 5.02 Å². The van der Waals surface area contributed by atoms with Crippen LogP contribution in [0, 0.1) is 23.6 Å². The lowest BCUT2D eigenvalue weighted by molar-refractivity contribution is 0.0131. The van der Waals surface area contributed by atoms with E-state index in [1.54, 1.807) is 20.2 Å². The standard InChI is InChI=1S/C38H45ClFN5O6S/c1-23-7-5-9-31(49-3)27-12-10-25(27)18-45-21-38(16-6-8-24-17-26(39)11-14-30(24)38)22-51-32-15-13-28(33(40)34(32)45)35(46)42-52(48,20-23)43-36(47)29-19-44(2)41-37(29)50-4/h5,9,11,13-15,17,19,23,25,27,31H,6-8,10,12,16,18,20-22H2,1-4H3,(H,42,43,46,47,48)/b9-5+/t23-,25-,27+,31-,38-,52?/m0/s1. The average molecular weight is 754 g/mol. The van der Waals surface area contributed by atoms with Crippen molar-refractivity contribution in [3.8, 4) is 11.6 Å². The summed E-state index contributed by atoms with van der Waals surface area (Å²) in [5.74, 6) is -2.27. The SMILES string of the molecule is COc1nn(C)cc1C(=O)NS1(=O)=NC(=O)c2ccc3c(c2F)N(C[C@@H]2CC[C@H]2[C@@H](OC)/C=C/C[C@H](C)C1)C[C@@]1(CCCc2cc(Cl)ccc21)CO3. The van der Waals surface area contributed by atoms with E-state index in [0.717, 1.165) is 37.7 Å². The van der Waals surface area contributed by atoms with E-state index in [0.29, 0.717) is 36.9 Å². The highest BCUT2D eigenvalue weighted by atomic mass is 35.5. The van der Waals surface area contributed by atoms with Crippen LogP contribution in [0.4, 0.5) is 10.1 Å². The van der Waals surface area contributed by atoms with Gasteiger partial charge in [-0.15, -0.1) is 9.46 Å². The van der Waals surface area contributed by atoms with Gasteiger partial charge in [-0.1, -0.05) is 36.7 Å². The lowest BCUT2D eigenvalue weighted by atomic mass is 9.68. The predicted octanol–water partition coefficient (Wildman–Crippen LogP) is 6.28. The van der Waals surface area contributed by atoms with E-state index in [-0.39, 0.29) is 52.3 Å². The van der Waals surface area contributed by atoms with Crippen LogP contribution >= 0.6 is 11.6 Å². The molecule has 1 fully saturated rings. The van der Waals surface area contributed by atoms with Crippen LogP contribution in [0.3, 0.4) is 0 Å². The molecule has 2 aliphatic carbocycles. The van der Waals surface area contributed by atoms with Crippen molar-refractivity contribution in [1.82, 2.24) is 14.5 Å². The van der Waals surface area contributed by atoms with E-state index in [9.17, 15) is 13.8 Å². The first-order valence-corrected chi connectivity index (χ1v) is 19.9. The van der Waals surface area contributed by atoms with Crippen molar-refractivity contribution in [3.63, 3.8) is 0 Å². The number of allylic oxidation sites excluding steroid dienone is 1. The molecule has 14 heteroatoms. The number of nitrogens with zero attached hydrogens (tertiary/aromatic N) is 4. The van der Waals surface area contributed by atoms with Gasteiger partial charge in [0.05, 0.1) is 31.1 Å². The van der Waals surface area contributed by atoms with Crippen LogP contribution in [-0.2, 0) is 33.5 Å². The molecule has 11 nitrogen and oxygen atoms in total. The zero-order valence-corrected chi connectivity index (χ0v) is 31.5. The second-order valence-electron chi connectivity index (χ2n) is 14.7. The van der Waals surface area contributed by atoms with Crippen LogP contribution in [0.25, 0.3) is 0 Å². The summed E-state index contributed by atoms with van der Waals surface area (Å²) in [6.45, 7) is 3.19. The van der Waals surface area contributed by atoms with Crippen molar-refractivity contribution in [2.45, 2.75) is 57.0 Å². The van der Waals surface area contributed by atoms with Crippen LogP contribution < -0.4 is 19.1 Å². The number of carbonyl (C=O) groups is 2. The van der Waals surface area contributed by atoms with Crippen molar-refractivity contribution in [2.75, 3.05) is 44.6 Å². The van der Waals surface area contributed by atoms with Crippen molar-refractivity contribution < 1.29 is 32.4 Å². The van der Waals surface area contributed by atoms with Gasteiger partial charge in [0, 0.05) is 43.9 Å². The molecule has 4 aliphatic rings. The van der Waals surface area contributed by atoms with E-state index in [1.165, 1.54) is 29.6 Å². The summed E-state index contributed by atoms with van der Waals surface area (Å²) >= 11 is 6.43. The number of fused-ring (bicyclic) bond motifs is 4. The minimum absolute atomic E-state index is 0.0248. The summed E-state index contributed by atoms with van der Waals surface area (Å²) in [5, 5.41) is 4.79. The first-order valence-electron chi connectivity index (χ1n) is 17.8. The van der Waals surface area contributed by atoms with E-state index in [2.05, 4.69) is 20.2 Å². The molecule has 7 rings (SSSR count). The largest absolute Gasteiger partial charge is 0.490 e. The maximum absolute atomic E-state index is 17.1. The lowest BCUT2D eigenvalue weighted by Crippen LogP contribution is -2.49. The number of rotatable bonds is 4. The van der Waals surface area contributed by atoms with Gasteiger partial charge in [0.25, 0.3) is 11.8 Å². The molecule has 1 saturated carbocycles. The van der Waals surface area contributed by atoms with Gasteiger partial charge < -0.3 is 19.1 Å². The third kappa shape index (κ3) is 6.94. The molecule has 0 saturated heterocycles. The number of methoxy groups -OCH3 is 2. The second-order valence-corrected chi connectivity index (χ2v) is 17.1. The Hall–Kier alpha value is -3.94. The Labute approximate surface area is 309 Å². The minimum Gasteiger partial charge on any atom is -0.490 e. The number of hydrogen-bond acceptors (Lipinski definition) is 8. The van der Waals surface area contributed by atoms with E-state index in [1.807, 2.05) is 36.1 Å². The normalized spacial score (nSPS) is 29.4. The van der Waals surface area contributed by atoms with Gasteiger partial charge in [-0.3, -0.25) is 19.0 Å². The number of nitrogens with one attached hydrogen (secondary N) is 1. The second kappa shape index (κ2) is 14.5. The summed E-state index contributed by atoms with van der Waals surface area (Å²) < 4.78 is 57.4. The number of ether oxygens (including phenoxy) is 3. The number of carbonyl (C=O) groups excluding carboxylic acids is 2. The Morgan fingerprint density at radius 1 is 1.21 bits per heavy atom. The molecule has 2 bridgehead atoms. The number of hydrogen-bond donors (Lipinski definition) is 1. The molecule has 6 atom stereocenters. The fraction of sp³-hybridized carbons (Fsp3) is 0.500. The fourth-order valence-electron chi connectivity index (χ4n) is 8.43. The Balaban J connectivity index is 1.33. The zero-order chi connectivity index (χ0) is 36.8. The highest BCUT2D eigenvalue weighted by Gasteiger charge is 2.45. The topological polar surface area (TPSA) is 124 Å². The molecular weight excluding hydrogens is 709 g/mol. The molecule has 1 spiro atoms. The summed E-state index contributed by atoms with van der Waals surface area (Å²) in [5.41, 5.74) is 1.73. The molecule has 1 aromatic heterocycles. The summed E-state index contributed by atoms with van der Waals surface area (Å²) in [6.07, 6.45) is 10.4. The van der Waals surface area contributed by atoms with E-state index in [4.69, 9.17) is 25.8 Å². The van der Waals surface area contributed by atoms with Gasteiger partial charge >= 0.3 is 0 Å². The van der Waals surface area contributed by atoms with Gasteiger partial charge in [0.2, 0.25) is 5.88 Å². The number of anilines is 1. The Kier molecular flexibility index (Phi) is 10.1. The monoisotopic (exact) mass is 753 g/mol. The molecule has 2 aromatic carbocycles. The third-order valence-electron chi connectivity index (χ3n) is 11.1. The molecule has 3 aromatic rings. The molecule has 1 unspecified atom stereocenters. The van der Waals surface area contributed by atoms with Crippen molar-refractivity contribution in [2.24, 2.45) is 29.2 Å².